The van der Waals surface area contributed by atoms with Crippen LogP contribution in [-0.4, -0.2) is 18.4 Å². The van der Waals surface area contributed by atoms with Crippen molar-refractivity contribution >= 4 is 23.2 Å². The lowest BCUT2D eigenvalue weighted by atomic mass is 10.1. The summed E-state index contributed by atoms with van der Waals surface area (Å²) in [4.78, 5) is 25.7. The summed E-state index contributed by atoms with van der Waals surface area (Å²) in [6.45, 7) is 1.80. The van der Waals surface area contributed by atoms with E-state index in [4.69, 9.17) is 0 Å². The van der Waals surface area contributed by atoms with Crippen molar-refractivity contribution in [3.8, 4) is 0 Å². The number of nitrogens with one attached hydrogen (secondary N) is 1. The summed E-state index contributed by atoms with van der Waals surface area (Å²) in [6, 6.07) is 12.1. The van der Waals surface area contributed by atoms with E-state index in [9.17, 15) is 22.8 Å². The van der Waals surface area contributed by atoms with Crippen LogP contribution in [-0.2, 0) is 15.8 Å². The summed E-state index contributed by atoms with van der Waals surface area (Å²) < 4.78 is 39.6. The number of benzene rings is 2. The maximum Gasteiger partial charge on any atom is 0.418 e. The van der Waals surface area contributed by atoms with Gasteiger partial charge in [0.2, 0.25) is 11.8 Å². The molecule has 1 fully saturated rings. The molecule has 1 atom stereocenters. The molecule has 0 spiro atoms. The number of para-hydroxylation sites is 1. The Bertz CT molecular complexity index is 849. The molecule has 0 aromatic heterocycles. The zero-order valence-corrected chi connectivity index (χ0v) is 14.0. The molecule has 0 radical (unpaired) electrons. The molecular formula is C19H17F3N2O2. The van der Waals surface area contributed by atoms with Crippen LogP contribution in [0.2, 0.25) is 0 Å². The van der Waals surface area contributed by atoms with Crippen molar-refractivity contribution in [2.75, 3.05) is 16.8 Å². The molecule has 26 heavy (non-hydrogen) atoms. The number of alkyl halides is 3. The SMILES string of the molecule is Cc1cccc(NC(=O)C2CC(=O)N(c3ccccc3C(F)(F)F)C2)c1. The molecule has 1 aliphatic heterocycles. The van der Waals surface area contributed by atoms with Gasteiger partial charge in [-0.05, 0) is 36.8 Å². The number of nitrogens with zero attached hydrogens (tertiary/aromatic N) is 1. The highest BCUT2D eigenvalue weighted by molar-refractivity contribution is 6.03. The van der Waals surface area contributed by atoms with Gasteiger partial charge in [0, 0.05) is 18.7 Å². The Balaban J connectivity index is 1.78. The molecule has 3 rings (SSSR count). The Morgan fingerprint density at radius 2 is 1.88 bits per heavy atom. The summed E-state index contributed by atoms with van der Waals surface area (Å²) in [5.41, 5.74) is 0.464. The first-order valence-corrected chi connectivity index (χ1v) is 8.10. The largest absolute Gasteiger partial charge is 0.418 e. The number of halogens is 3. The Kier molecular flexibility index (Phi) is 4.71. The van der Waals surface area contributed by atoms with Crippen molar-refractivity contribution < 1.29 is 22.8 Å². The van der Waals surface area contributed by atoms with E-state index in [0.717, 1.165) is 16.5 Å². The average Bonchev–Trinajstić information content (AvgIpc) is 2.96. The van der Waals surface area contributed by atoms with Gasteiger partial charge in [0.05, 0.1) is 17.2 Å². The minimum atomic E-state index is -4.57. The monoisotopic (exact) mass is 362 g/mol. The van der Waals surface area contributed by atoms with Crippen molar-refractivity contribution in [2.45, 2.75) is 19.5 Å². The van der Waals surface area contributed by atoms with E-state index in [2.05, 4.69) is 5.32 Å². The van der Waals surface area contributed by atoms with Crippen LogP contribution in [0.1, 0.15) is 17.5 Å². The second-order valence-electron chi connectivity index (χ2n) is 6.28. The van der Waals surface area contributed by atoms with Gasteiger partial charge >= 0.3 is 6.18 Å². The number of rotatable bonds is 3. The van der Waals surface area contributed by atoms with E-state index >= 15 is 0 Å². The molecule has 4 nitrogen and oxygen atoms in total. The number of aryl methyl sites for hydroxylation is 1. The lowest BCUT2D eigenvalue weighted by molar-refractivity contribution is -0.137. The number of hydrogen-bond donors (Lipinski definition) is 1. The molecule has 1 saturated heterocycles. The molecule has 0 aliphatic carbocycles. The lowest BCUT2D eigenvalue weighted by Crippen LogP contribution is -2.29. The van der Waals surface area contributed by atoms with Crippen molar-refractivity contribution in [1.82, 2.24) is 0 Å². The fraction of sp³-hybridized carbons (Fsp3) is 0.263. The minimum Gasteiger partial charge on any atom is -0.326 e. The number of amides is 2. The smallest absolute Gasteiger partial charge is 0.326 e. The molecule has 2 aromatic carbocycles. The Morgan fingerprint density at radius 3 is 2.58 bits per heavy atom. The number of hydrogen-bond acceptors (Lipinski definition) is 2. The Labute approximate surface area is 148 Å². The highest BCUT2D eigenvalue weighted by atomic mass is 19.4. The van der Waals surface area contributed by atoms with Crippen LogP contribution in [0.15, 0.2) is 48.5 Å². The van der Waals surface area contributed by atoms with E-state index in [1.165, 1.54) is 18.2 Å². The quantitative estimate of drug-likeness (QED) is 0.897. The van der Waals surface area contributed by atoms with Gasteiger partial charge in [-0.3, -0.25) is 9.59 Å². The van der Waals surface area contributed by atoms with E-state index < -0.39 is 23.6 Å². The summed E-state index contributed by atoms with van der Waals surface area (Å²) in [7, 11) is 0. The Hall–Kier alpha value is -2.83. The van der Waals surface area contributed by atoms with Gasteiger partial charge in [-0.25, -0.2) is 0 Å². The number of carbonyl (C=O) groups excluding carboxylic acids is 2. The van der Waals surface area contributed by atoms with Crippen molar-refractivity contribution in [1.29, 1.82) is 0 Å². The van der Waals surface area contributed by atoms with Crippen LogP contribution >= 0.6 is 0 Å². The van der Waals surface area contributed by atoms with Crippen LogP contribution in [0.5, 0.6) is 0 Å². The molecule has 2 aromatic rings. The topological polar surface area (TPSA) is 49.4 Å². The van der Waals surface area contributed by atoms with Crippen molar-refractivity contribution in [3.63, 3.8) is 0 Å². The van der Waals surface area contributed by atoms with Crippen LogP contribution in [0, 0.1) is 12.8 Å². The number of anilines is 2. The maximum absolute atomic E-state index is 13.2. The number of carbonyl (C=O) groups is 2. The third kappa shape index (κ3) is 3.71. The van der Waals surface area contributed by atoms with Gasteiger partial charge in [-0.2, -0.15) is 13.2 Å². The maximum atomic E-state index is 13.2. The molecule has 2 amide bonds. The highest BCUT2D eigenvalue weighted by Crippen LogP contribution is 2.38. The van der Waals surface area contributed by atoms with Gasteiger partial charge in [-0.15, -0.1) is 0 Å². The summed E-state index contributed by atoms with van der Waals surface area (Å²) in [5.74, 6) is -1.58. The molecule has 7 heteroatoms. The first-order valence-electron chi connectivity index (χ1n) is 8.10. The molecule has 1 N–H and O–H groups in total. The zero-order valence-electron chi connectivity index (χ0n) is 14.0. The minimum absolute atomic E-state index is 0.0798. The average molecular weight is 362 g/mol. The first kappa shape index (κ1) is 18.0. The predicted octanol–water partition coefficient (Wildman–Crippen LogP) is 4.01. The van der Waals surface area contributed by atoms with Gasteiger partial charge < -0.3 is 10.2 Å². The second-order valence-corrected chi connectivity index (χ2v) is 6.28. The Morgan fingerprint density at radius 1 is 1.15 bits per heavy atom. The van der Waals surface area contributed by atoms with E-state index in [-0.39, 0.29) is 24.6 Å². The normalized spacial score (nSPS) is 17.5. The predicted molar refractivity (Wildman–Crippen MR) is 91.7 cm³/mol. The molecule has 0 bridgehead atoms. The fourth-order valence-corrected chi connectivity index (χ4v) is 3.03. The van der Waals surface area contributed by atoms with E-state index in [1.54, 1.807) is 18.2 Å². The van der Waals surface area contributed by atoms with E-state index in [0.29, 0.717) is 5.69 Å². The molecule has 1 heterocycles. The zero-order chi connectivity index (χ0) is 18.9. The van der Waals surface area contributed by atoms with Gasteiger partial charge in [0.25, 0.3) is 0 Å². The molecule has 136 valence electrons. The van der Waals surface area contributed by atoms with Crippen LogP contribution in [0.4, 0.5) is 24.5 Å². The summed E-state index contributed by atoms with van der Waals surface area (Å²) in [6.07, 6.45) is -4.69. The van der Waals surface area contributed by atoms with Gasteiger partial charge in [-0.1, -0.05) is 24.3 Å². The first-order chi connectivity index (χ1) is 12.3. The third-order valence-electron chi connectivity index (χ3n) is 4.28. The molecule has 0 saturated carbocycles. The third-order valence-corrected chi connectivity index (χ3v) is 4.28. The van der Waals surface area contributed by atoms with Crippen LogP contribution in [0.3, 0.4) is 0 Å². The summed E-state index contributed by atoms with van der Waals surface area (Å²) in [5, 5.41) is 2.72. The highest BCUT2D eigenvalue weighted by Gasteiger charge is 2.40. The second kappa shape index (κ2) is 6.82. The molecule has 1 unspecified atom stereocenters. The van der Waals surface area contributed by atoms with Gasteiger partial charge in [0.1, 0.15) is 0 Å². The lowest BCUT2D eigenvalue weighted by Gasteiger charge is -2.21. The fourth-order valence-electron chi connectivity index (χ4n) is 3.03. The molecular weight excluding hydrogens is 345 g/mol. The van der Waals surface area contributed by atoms with E-state index in [1.807, 2.05) is 13.0 Å². The summed E-state index contributed by atoms with van der Waals surface area (Å²) >= 11 is 0. The van der Waals surface area contributed by atoms with Crippen LogP contribution < -0.4 is 10.2 Å². The standard InChI is InChI=1S/C19H17F3N2O2/c1-12-5-4-6-14(9-12)23-18(26)13-10-17(25)24(11-13)16-8-3-2-7-15(16)19(20,21)22/h2-9,13H,10-11H2,1H3,(H,23,26). The molecule has 1 aliphatic rings. The van der Waals surface area contributed by atoms with Crippen molar-refractivity contribution in [3.05, 3.63) is 59.7 Å². The van der Waals surface area contributed by atoms with Crippen LogP contribution in [0.25, 0.3) is 0 Å². The van der Waals surface area contributed by atoms with Gasteiger partial charge in [0.15, 0.2) is 0 Å². The van der Waals surface area contributed by atoms with Crippen molar-refractivity contribution in [2.24, 2.45) is 5.92 Å².